The Morgan fingerprint density at radius 1 is 1.23 bits per heavy atom. The molecule has 0 aliphatic carbocycles. The molecule has 3 heterocycles. The number of nitrogens with one attached hydrogen (secondary N) is 2. The van der Waals surface area contributed by atoms with Crippen molar-refractivity contribution in [3.05, 3.63) is 44.4 Å². The number of piperazine rings is 1. The maximum atomic E-state index is 14.8. The summed E-state index contributed by atoms with van der Waals surface area (Å²) < 4.78 is 16.6. The van der Waals surface area contributed by atoms with Crippen LogP contribution in [0.3, 0.4) is 0 Å². The van der Waals surface area contributed by atoms with Crippen LogP contribution in [0.25, 0.3) is 21.9 Å². The van der Waals surface area contributed by atoms with Crippen molar-refractivity contribution >= 4 is 27.6 Å². The van der Waals surface area contributed by atoms with E-state index in [1.165, 1.54) is 6.07 Å². The number of nitrogens with zero attached hydrogens (tertiary/aromatic N) is 3. The predicted molar refractivity (Wildman–Crippen MR) is 99.6 cm³/mol. The van der Waals surface area contributed by atoms with Gasteiger partial charge in [0.25, 0.3) is 5.56 Å². The summed E-state index contributed by atoms with van der Waals surface area (Å²) in [6.07, 6.45) is 0. The van der Waals surface area contributed by atoms with Gasteiger partial charge in [0.2, 0.25) is 5.43 Å². The molecule has 3 aromatic rings. The first-order chi connectivity index (χ1) is 12.5. The maximum Gasteiger partial charge on any atom is 0.264 e. The van der Waals surface area contributed by atoms with Gasteiger partial charge in [-0.1, -0.05) is 0 Å². The van der Waals surface area contributed by atoms with Crippen molar-refractivity contribution in [1.29, 1.82) is 0 Å². The number of aromatic amines is 1. The zero-order valence-corrected chi connectivity index (χ0v) is 14.7. The summed E-state index contributed by atoms with van der Waals surface area (Å²) in [5, 5.41) is 3.41. The van der Waals surface area contributed by atoms with Gasteiger partial charge >= 0.3 is 0 Å². The lowest BCUT2D eigenvalue weighted by molar-refractivity contribution is 0.567. The summed E-state index contributed by atoms with van der Waals surface area (Å²) in [6, 6.07) is 2.96. The van der Waals surface area contributed by atoms with Crippen LogP contribution in [0.4, 0.5) is 10.1 Å². The lowest BCUT2D eigenvalue weighted by atomic mass is 10.1. The SMILES string of the molecule is CCn1c2cc(N3CCNCC3)c(F)cc2c(=O)c2c(=O)[nH]c(C)nc21. The first kappa shape index (κ1) is 16.7. The van der Waals surface area contributed by atoms with Gasteiger partial charge in [-0.15, -0.1) is 0 Å². The van der Waals surface area contributed by atoms with Gasteiger partial charge in [-0.3, -0.25) is 9.59 Å². The zero-order chi connectivity index (χ0) is 18.4. The number of aryl methyl sites for hydroxylation is 2. The number of rotatable bonds is 2. The molecule has 1 aliphatic heterocycles. The van der Waals surface area contributed by atoms with Crippen molar-refractivity contribution in [2.75, 3.05) is 31.1 Å². The van der Waals surface area contributed by atoms with Crippen LogP contribution in [0, 0.1) is 12.7 Å². The molecule has 0 atom stereocenters. The van der Waals surface area contributed by atoms with E-state index in [2.05, 4.69) is 15.3 Å². The lowest BCUT2D eigenvalue weighted by Gasteiger charge is -2.30. The van der Waals surface area contributed by atoms with Gasteiger partial charge < -0.3 is 19.8 Å². The third-order valence-corrected chi connectivity index (χ3v) is 4.88. The van der Waals surface area contributed by atoms with Crippen LogP contribution < -0.4 is 21.2 Å². The highest BCUT2D eigenvalue weighted by molar-refractivity contribution is 5.93. The van der Waals surface area contributed by atoms with Crippen LogP contribution in [-0.4, -0.2) is 40.7 Å². The Bertz CT molecular complexity index is 1130. The average molecular weight is 357 g/mol. The largest absolute Gasteiger partial charge is 0.367 e. The Morgan fingerprint density at radius 2 is 1.96 bits per heavy atom. The number of halogens is 1. The van der Waals surface area contributed by atoms with Crippen molar-refractivity contribution in [3.8, 4) is 0 Å². The number of H-pyrrole nitrogens is 1. The molecule has 1 aromatic carbocycles. The highest BCUT2D eigenvalue weighted by Crippen LogP contribution is 2.26. The fourth-order valence-electron chi connectivity index (χ4n) is 3.64. The van der Waals surface area contributed by atoms with Crippen molar-refractivity contribution in [2.24, 2.45) is 0 Å². The van der Waals surface area contributed by atoms with Crippen molar-refractivity contribution in [1.82, 2.24) is 19.9 Å². The zero-order valence-electron chi connectivity index (χ0n) is 14.7. The smallest absolute Gasteiger partial charge is 0.264 e. The van der Waals surface area contributed by atoms with E-state index in [-0.39, 0.29) is 10.8 Å². The fraction of sp³-hybridized carbons (Fsp3) is 0.389. The van der Waals surface area contributed by atoms with Crippen LogP contribution in [0.15, 0.2) is 21.7 Å². The molecule has 0 saturated carbocycles. The molecule has 1 fully saturated rings. The standard InChI is InChI=1S/C18H20FN5O2/c1-3-24-13-9-14(23-6-4-20-5-7-23)12(19)8-11(13)16(25)15-17(24)21-10(2)22-18(15)26/h8-9,20H,3-7H2,1-2H3,(H,21,22,26). The van der Waals surface area contributed by atoms with E-state index >= 15 is 0 Å². The predicted octanol–water partition coefficient (Wildman–Crippen LogP) is 1.12. The molecule has 136 valence electrons. The Balaban J connectivity index is 2.11. The summed E-state index contributed by atoms with van der Waals surface area (Å²) >= 11 is 0. The molecule has 0 radical (unpaired) electrons. The molecule has 0 spiro atoms. The summed E-state index contributed by atoms with van der Waals surface area (Å²) in [7, 11) is 0. The molecule has 2 N–H and O–H groups in total. The topological polar surface area (TPSA) is 83.0 Å². The Labute approximate surface area is 148 Å². The van der Waals surface area contributed by atoms with Gasteiger partial charge in [-0.2, -0.15) is 0 Å². The normalized spacial score (nSPS) is 15.1. The molecule has 4 rings (SSSR count). The number of aromatic nitrogens is 3. The molecule has 1 saturated heterocycles. The van der Waals surface area contributed by atoms with Crippen LogP contribution in [0.5, 0.6) is 0 Å². The molecular formula is C18H20FN5O2. The first-order valence-electron chi connectivity index (χ1n) is 8.73. The van der Waals surface area contributed by atoms with E-state index in [1.807, 2.05) is 11.8 Å². The number of benzene rings is 1. The Kier molecular flexibility index (Phi) is 3.99. The van der Waals surface area contributed by atoms with Crippen LogP contribution in [-0.2, 0) is 6.54 Å². The first-order valence-corrected chi connectivity index (χ1v) is 8.73. The third-order valence-electron chi connectivity index (χ3n) is 4.88. The van der Waals surface area contributed by atoms with E-state index < -0.39 is 16.8 Å². The quantitative estimate of drug-likeness (QED) is 0.672. The van der Waals surface area contributed by atoms with E-state index in [0.717, 1.165) is 13.1 Å². The minimum atomic E-state index is -0.492. The van der Waals surface area contributed by atoms with E-state index in [1.54, 1.807) is 17.6 Å². The second-order valence-corrected chi connectivity index (χ2v) is 6.48. The van der Waals surface area contributed by atoms with Crippen molar-refractivity contribution in [2.45, 2.75) is 20.4 Å². The molecule has 2 aromatic heterocycles. The van der Waals surface area contributed by atoms with Crippen molar-refractivity contribution in [3.63, 3.8) is 0 Å². The number of hydrogen-bond donors (Lipinski definition) is 2. The van der Waals surface area contributed by atoms with Gasteiger partial charge in [0, 0.05) is 38.1 Å². The second-order valence-electron chi connectivity index (χ2n) is 6.48. The van der Waals surface area contributed by atoms with Gasteiger partial charge in [0.1, 0.15) is 17.0 Å². The van der Waals surface area contributed by atoms with E-state index in [4.69, 9.17) is 0 Å². The van der Waals surface area contributed by atoms with Crippen LogP contribution >= 0.6 is 0 Å². The van der Waals surface area contributed by atoms with E-state index in [0.29, 0.717) is 42.3 Å². The average Bonchev–Trinajstić information content (AvgIpc) is 2.62. The Morgan fingerprint density at radius 3 is 2.65 bits per heavy atom. The van der Waals surface area contributed by atoms with Crippen LogP contribution in [0.1, 0.15) is 12.7 Å². The summed E-state index contributed by atoms with van der Waals surface area (Å²) in [6.45, 7) is 7.06. The number of pyridine rings is 1. The lowest BCUT2D eigenvalue weighted by Crippen LogP contribution is -2.43. The van der Waals surface area contributed by atoms with Crippen LogP contribution in [0.2, 0.25) is 0 Å². The molecule has 0 unspecified atom stereocenters. The monoisotopic (exact) mass is 357 g/mol. The number of fused-ring (bicyclic) bond motifs is 2. The van der Waals surface area contributed by atoms with Crippen molar-refractivity contribution < 1.29 is 4.39 Å². The van der Waals surface area contributed by atoms with E-state index in [9.17, 15) is 14.0 Å². The van der Waals surface area contributed by atoms with Gasteiger partial charge in [-0.25, -0.2) is 9.37 Å². The minimum Gasteiger partial charge on any atom is -0.367 e. The molecule has 26 heavy (non-hydrogen) atoms. The molecule has 7 nitrogen and oxygen atoms in total. The summed E-state index contributed by atoms with van der Waals surface area (Å²) in [5.41, 5.74) is 0.426. The molecular weight excluding hydrogens is 337 g/mol. The Hall–Kier alpha value is -2.74. The fourth-order valence-corrected chi connectivity index (χ4v) is 3.64. The maximum absolute atomic E-state index is 14.8. The molecule has 8 heteroatoms. The molecule has 0 amide bonds. The van der Waals surface area contributed by atoms with Gasteiger partial charge in [0.05, 0.1) is 11.2 Å². The third kappa shape index (κ3) is 2.48. The highest BCUT2D eigenvalue weighted by Gasteiger charge is 2.20. The number of anilines is 1. The van der Waals surface area contributed by atoms with Gasteiger partial charge in [-0.05, 0) is 26.0 Å². The minimum absolute atomic E-state index is 0.0285. The number of hydrogen-bond acceptors (Lipinski definition) is 5. The molecule has 0 bridgehead atoms. The molecule has 1 aliphatic rings. The second kappa shape index (κ2) is 6.21. The summed E-state index contributed by atoms with van der Waals surface area (Å²) in [5.74, 6) is -0.0112. The highest BCUT2D eigenvalue weighted by atomic mass is 19.1. The summed E-state index contributed by atoms with van der Waals surface area (Å²) in [4.78, 5) is 34.1. The van der Waals surface area contributed by atoms with Gasteiger partial charge in [0.15, 0.2) is 5.65 Å².